The summed E-state index contributed by atoms with van der Waals surface area (Å²) in [5.74, 6) is -1.73. The third-order valence-electron chi connectivity index (χ3n) is 2.12. The highest BCUT2D eigenvalue weighted by molar-refractivity contribution is 7.12. The van der Waals surface area contributed by atoms with Crippen LogP contribution in [-0.4, -0.2) is 34.2 Å². The van der Waals surface area contributed by atoms with Gasteiger partial charge in [-0.3, -0.25) is 4.79 Å². The maximum atomic E-state index is 11.6. The number of aryl methyl sites for hydroxylation is 1. The maximum absolute atomic E-state index is 11.6. The van der Waals surface area contributed by atoms with Crippen LogP contribution in [0.2, 0.25) is 0 Å². The average Bonchev–Trinajstić information content (AvgIpc) is 2.61. The van der Waals surface area contributed by atoms with Gasteiger partial charge in [-0.05, 0) is 30.9 Å². The molecule has 1 rings (SSSR count). The number of carbonyl (C=O) groups excluding carboxylic acids is 1. The van der Waals surface area contributed by atoms with Crippen LogP contribution in [0.4, 0.5) is 0 Å². The van der Waals surface area contributed by atoms with E-state index in [1.165, 1.54) is 11.3 Å². The summed E-state index contributed by atoms with van der Waals surface area (Å²) in [4.78, 5) is 22.7. The van der Waals surface area contributed by atoms with Gasteiger partial charge in [-0.15, -0.1) is 11.3 Å². The van der Waals surface area contributed by atoms with Crippen molar-refractivity contribution in [2.24, 2.45) is 0 Å². The minimum absolute atomic E-state index is 0.321. The molecule has 0 spiro atoms. The van der Waals surface area contributed by atoms with Crippen LogP contribution in [-0.2, 0) is 4.79 Å². The van der Waals surface area contributed by atoms with Crippen molar-refractivity contribution in [3.8, 4) is 0 Å². The Kier molecular flexibility index (Phi) is 3.66. The van der Waals surface area contributed by atoms with E-state index in [9.17, 15) is 14.7 Å². The highest BCUT2D eigenvalue weighted by Gasteiger charge is 2.30. The number of aliphatic carboxylic acids is 1. The topological polar surface area (TPSA) is 86.6 Å². The molecule has 0 saturated heterocycles. The maximum Gasteiger partial charge on any atom is 0.337 e. The molecule has 1 atom stereocenters. The minimum atomic E-state index is -1.94. The predicted molar refractivity (Wildman–Crippen MR) is 59.6 cm³/mol. The van der Waals surface area contributed by atoms with Crippen LogP contribution in [0.25, 0.3) is 0 Å². The molecule has 0 aliphatic rings. The largest absolute Gasteiger partial charge is 0.479 e. The number of carbonyl (C=O) groups is 2. The van der Waals surface area contributed by atoms with Crippen molar-refractivity contribution in [3.63, 3.8) is 0 Å². The van der Waals surface area contributed by atoms with E-state index in [0.29, 0.717) is 4.88 Å². The van der Waals surface area contributed by atoms with Crippen molar-refractivity contribution in [3.05, 3.63) is 21.9 Å². The van der Waals surface area contributed by atoms with Gasteiger partial charge in [-0.1, -0.05) is 0 Å². The van der Waals surface area contributed by atoms with E-state index in [2.05, 4.69) is 5.32 Å². The number of carboxylic acid groups (broad SMARTS) is 1. The first-order valence-corrected chi connectivity index (χ1v) is 5.50. The van der Waals surface area contributed by atoms with Crippen molar-refractivity contribution < 1.29 is 19.8 Å². The fourth-order valence-corrected chi connectivity index (χ4v) is 1.86. The minimum Gasteiger partial charge on any atom is -0.479 e. The third kappa shape index (κ3) is 2.80. The molecule has 5 nitrogen and oxygen atoms in total. The highest BCUT2D eigenvalue weighted by Crippen LogP contribution is 2.15. The van der Waals surface area contributed by atoms with Gasteiger partial charge in [-0.2, -0.15) is 0 Å². The third-order valence-corrected chi connectivity index (χ3v) is 3.14. The molecule has 1 heterocycles. The van der Waals surface area contributed by atoms with E-state index in [1.54, 1.807) is 18.4 Å². The molecule has 88 valence electrons. The van der Waals surface area contributed by atoms with Gasteiger partial charge in [-0.25, -0.2) is 4.79 Å². The summed E-state index contributed by atoms with van der Waals surface area (Å²) in [6.07, 6.45) is 0. The molecule has 1 aromatic heterocycles. The van der Waals surface area contributed by atoms with E-state index >= 15 is 0 Å². The van der Waals surface area contributed by atoms with E-state index in [4.69, 9.17) is 5.11 Å². The SMILES string of the molecule is Cc1ccsc1C(=O)NCC(C)(O)C(=O)O. The molecule has 0 bridgehead atoms. The number of aliphatic hydroxyl groups is 1. The molecule has 1 unspecified atom stereocenters. The molecule has 0 aliphatic heterocycles. The summed E-state index contributed by atoms with van der Waals surface area (Å²) in [6.45, 7) is 2.61. The first-order valence-electron chi connectivity index (χ1n) is 4.62. The molecule has 1 amide bonds. The molecule has 0 aromatic carbocycles. The second kappa shape index (κ2) is 4.63. The standard InChI is InChI=1S/C10H13NO4S/c1-6-3-4-16-7(6)8(12)11-5-10(2,15)9(13)14/h3-4,15H,5H2,1-2H3,(H,11,12)(H,13,14). The van der Waals surface area contributed by atoms with Gasteiger partial charge in [0.05, 0.1) is 11.4 Å². The van der Waals surface area contributed by atoms with Crippen LogP contribution >= 0.6 is 11.3 Å². The molecule has 0 aliphatic carbocycles. The summed E-state index contributed by atoms with van der Waals surface area (Å²) in [5.41, 5.74) is -1.11. The summed E-state index contributed by atoms with van der Waals surface area (Å²) in [7, 11) is 0. The van der Waals surface area contributed by atoms with E-state index in [-0.39, 0.29) is 12.5 Å². The molecular formula is C10H13NO4S. The molecule has 1 aromatic rings. The zero-order valence-electron chi connectivity index (χ0n) is 8.98. The van der Waals surface area contributed by atoms with Crippen LogP contribution in [0.3, 0.4) is 0 Å². The monoisotopic (exact) mass is 243 g/mol. The van der Waals surface area contributed by atoms with Gasteiger partial charge < -0.3 is 15.5 Å². The van der Waals surface area contributed by atoms with Gasteiger partial charge in [0, 0.05) is 0 Å². The Morgan fingerprint density at radius 2 is 2.19 bits per heavy atom. The number of thiophene rings is 1. The van der Waals surface area contributed by atoms with Gasteiger partial charge >= 0.3 is 5.97 Å². The van der Waals surface area contributed by atoms with Crippen LogP contribution in [0, 0.1) is 6.92 Å². The number of hydrogen-bond acceptors (Lipinski definition) is 4. The molecule has 0 fully saturated rings. The molecular weight excluding hydrogens is 230 g/mol. The summed E-state index contributed by atoms with van der Waals surface area (Å²) < 4.78 is 0. The Morgan fingerprint density at radius 1 is 1.56 bits per heavy atom. The Balaban J connectivity index is 2.61. The number of carboxylic acids is 1. The first-order chi connectivity index (χ1) is 7.34. The smallest absolute Gasteiger partial charge is 0.337 e. The highest BCUT2D eigenvalue weighted by atomic mass is 32.1. The molecule has 3 N–H and O–H groups in total. The Bertz CT molecular complexity index is 411. The zero-order chi connectivity index (χ0) is 12.3. The van der Waals surface area contributed by atoms with Gasteiger partial charge in [0.15, 0.2) is 5.60 Å². The van der Waals surface area contributed by atoms with Crippen LogP contribution in [0.1, 0.15) is 22.2 Å². The van der Waals surface area contributed by atoms with Crippen molar-refractivity contribution in [1.82, 2.24) is 5.32 Å². The fraction of sp³-hybridized carbons (Fsp3) is 0.400. The Hall–Kier alpha value is -1.40. The lowest BCUT2D eigenvalue weighted by atomic mass is 10.1. The van der Waals surface area contributed by atoms with E-state index in [0.717, 1.165) is 12.5 Å². The molecule has 0 saturated carbocycles. The number of nitrogens with one attached hydrogen (secondary N) is 1. The van der Waals surface area contributed by atoms with Crippen LogP contribution in [0.5, 0.6) is 0 Å². The summed E-state index contributed by atoms with van der Waals surface area (Å²) >= 11 is 1.28. The lowest BCUT2D eigenvalue weighted by molar-refractivity contribution is -0.155. The Labute approximate surface area is 96.7 Å². The van der Waals surface area contributed by atoms with Crippen LogP contribution in [0.15, 0.2) is 11.4 Å². The average molecular weight is 243 g/mol. The number of amides is 1. The lowest BCUT2D eigenvalue weighted by Crippen LogP contribution is -2.46. The normalized spacial score (nSPS) is 14.2. The van der Waals surface area contributed by atoms with Crippen molar-refractivity contribution in [1.29, 1.82) is 0 Å². The first kappa shape index (κ1) is 12.7. The van der Waals surface area contributed by atoms with Crippen LogP contribution < -0.4 is 5.32 Å². The van der Waals surface area contributed by atoms with Gasteiger partial charge in [0.25, 0.3) is 5.91 Å². The summed E-state index contributed by atoms with van der Waals surface area (Å²) in [5, 5.41) is 22.2. The van der Waals surface area contributed by atoms with Crippen molar-refractivity contribution >= 4 is 23.2 Å². The summed E-state index contributed by atoms with van der Waals surface area (Å²) in [6, 6.07) is 1.80. The number of rotatable bonds is 4. The second-order valence-electron chi connectivity index (χ2n) is 3.69. The zero-order valence-corrected chi connectivity index (χ0v) is 9.80. The van der Waals surface area contributed by atoms with Crippen molar-refractivity contribution in [2.75, 3.05) is 6.54 Å². The van der Waals surface area contributed by atoms with Crippen molar-refractivity contribution in [2.45, 2.75) is 19.4 Å². The second-order valence-corrected chi connectivity index (χ2v) is 4.61. The fourth-order valence-electron chi connectivity index (χ4n) is 1.01. The van der Waals surface area contributed by atoms with E-state index < -0.39 is 11.6 Å². The Morgan fingerprint density at radius 3 is 2.62 bits per heavy atom. The quantitative estimate of drug-likeness (QED) is 0.723. The van der Waals surface area contributed by atoms with Gasteiger partial charge in [0.2, 0.25) is 0 Å². The molecule has 6 heteroatoms. The number of hydrogen-bond donors (Lipinski definition) is 3. The lowest BCUT2D eigenvalue weighted by Gasteiger charge is -2.18. The van der Waals surface area contributed by atoms with Gasteiger partial charge in [0.1, 0.15) is 0 Å². The molecule has 16 heavy (non-hydrogen) atoms. The molecule has 0 radical (unpaired) electrons. The predicted octanol–water partition coefficient (Wildman–Crippen LogP) is 0.622. The van der Waals surface area contributed by atoms with E-state index in [1.807, 2.05) is 0 Å².